The molecule has 0 bridgehead atoms. The monoisotopic (exact) mass is 480 g/mol. The highest BCUT2D eigenvalue weighted by Crippen LogP contribution is 2.39. The maximum Gasteiger partial charge on any atom is 0.416 e. The summed E-state index contributed by atoms with van der Waals surface area (Å²) in [6.07, 6.45) is -3.09. The Kier molecular flexibility index (Phi) is 5.58. The number of halogens is 5. The van der Waals surface area contributed by atoms with Crippen LogP contribution in [0, 0.1) is 6.57 Å². The number of fused-ring (bicyclic) bond motifs is 1. The Hall–Kier alpha value is -3.13. The van der Waals surface area contributed by atoms with Crippen molar-refractivity contribution in [1.29, 1.82) is 0 Å². The molecule has 6 nitrogen and oxygen atoms in total. The van der Waals surface area contributed by atoms with E-state index in [9.17, 15) is 13.2 Å². The van der Waals surface area contributed by atoms with E-state index in [0.717, 1.165) is 12.1 Å². The first-order chi connectivity index (χ1) is 14.7. The lowest BCUT2D eigenvalue weighted by atomic mass is 10.2. The molecule has 0 amide bonds. The first-order valence-corrected chi connectivity index (χ1v) is 10.0. The van der Waals surface area contributed by atoms with Crippen LogP contribution in [0.15, 0.2) is 42.7 Å². The fourth-order valence-corrected chi connectivity index (χ4v) is 4.01. The molecule has 2 aromatic heterocycles. The smallest absolute Gasteiger partial charge is 0.338 e. The van der Waals surface area contributed by atoms with Gasteiger partial charge in [-0.3, -0.25) is 0 Å². The lowest BCUT2D eigenvalue weighted by molar-refractivity contribution is -0.137. The van der Waals surface area contributed by atoms with E-state index in [0.29, 0.717) is 38.4 Å². The summed E-state index contributed by atoms with van der Waals surface area (Å²) in [6, 6.07) is 7.53. The summed E-state index contributed by atoms with van der Waals surface area (Å²) in [4.78, 5) is 16.6. The molecule has 0 aliphatic carbocycles. The molecular weight excluding hydrogens is 472 g/mol. The number of nitrogens with one attached hydrogen (secondary N) is 2. The van der Waals surface area contributed by atoms with E-state index >= 15 is 0 Å². The van der Waals surface area contributed by atoms with Gasteiger partial charge in [0.25, 0.3) is 0 Å². The Morgan fingerprint density at radius 3 is 2.29 bits per heavy atom. The van der Waals surface area contributed by atoms with Crippen LogP contribution in [-0.4, -0.2) is 15.0 Å². The minimum atomic E-state index is -4.41. The lowest BCUT2D eigenvalue weighted by Crippen LogP contribution is -2.04. The van der Waals surface area contributed by atoms with E-state index in [1.54, 1.807) is 0 Å². The molecule has 0 spiro atoms. The summed E-state index contributed by atoms with van der Waals surface area (Å²) in [6.45, 7) is 7.06. The molecule has 0 saturated carbocycles. The van der Waals surface area contributed by atoms with E-state index in [1.807, 2.05) is 0 Å². The van der Waals surface area contributed by atoms with Gasteiger partial charge in [-0.15, -0.1) is 0 Å². The number of hydrogen-bond acceptors (Lipinski definition) is 6. The van der Waals surface area contributed by atoms with Crippen molar-refractivity contribution in [2.75, 3.05) is 10.6 Å². The van der Waals surface area contributed by atoms with Gasteiger partial charge in [-0.25, -0.2) is 19.8 Å². The van der Waals surface area contributed by atoms with Gasteiger partial charge >= 0.3 is 6.18 Å². The average Bonchev–Trinajstić information content (AvgIpc) is 3.14. The summed E-state index contributed by atoms with van der Waals surface area (Å²) < 4.78 is 38.2. The fourth-order valence-electron chi connectivity index (χ4n) is 2.63. The van der Waals surface area contributed by atoms with Crippen LogP contribution in [0.25, 0.3) is 15.2 Å². The normalized spacial score (nSPS) is 11.4. The number of thiazole rings is 1. The molecule has 0 fully saturated rings. The number of nitrogens with zero attached hydrogens (tertiary/aromatic N) is 4. The van der Waals surface area contributed by atoms with Crippen molar-refractivity contribution < 1.29 is 13.2 Å². The predicted octanol–water partition coefficient (Wildman–Crippen LogP) is 7.45. The Labute approximate surface area is 187 Å². The molecule has 2 heterocycles. The Morgan fingerprint density at radius 1 is 1.00 bits per heavy atom. The van der Waals surface area contributed by atoms with Crippen LogP contribution < -0.4 is 10.6 Å². The number of aromatic nitrogens is 3. The Balaban J connectivity index is 1.63. The minimum absolute atomic E-state index is 0.256. The van der Waals surface area contributed by atoms with Crippen molar-refractivity contribution in [2.45, 2.75) is 6.18 Å². The van der Waals surface area contributed by atoms with Gasteiger partial charge in [0.2, 0.25) is 0 Å². The van der Waals surface area contributed by atoms with Crippen LogP contribution in [0.1, 0.15) is 5.56 Å². The number of benzene rings is 2. The first-order valence-electron chi connectivity index (χ1n) is 8.44. The summed E-state index contributed by atoms with van der Waals surface area (Å²) in [5.41, 5.74) is 0.777. The first kappa shape index (κ1) is 21.1. The third-order valence-electron chi connectivity index (χ3n) is 4.06. The van der Waals surface area contributed by atoms with E-state index in [2.05, 4.69) is 30.4 Å². The molecule has 2 aromatic carbocycles. The highest BCUT2D eigenvalue weighted by atomic mass is 35.5. The zero-order valence-corrected chi connectivity index (χ0v) is 17.5. The van der Waals surface area contributed by atoms with Gasteiger partial charge in [-0.05, 0) is 36.4 Å². The van der Waals surface area contributed by atoms with Gasteiger partial charge in [0.05, 0.1) is 27.9 Å². The lowest BCUT2D eigenvalue weighted by Gasteiger charge is -2.09. The molecule has 31 heavy (non-hydrogen) atoms. The van der Waals surface area contributed by atoms with Crippen LogP contribution in [0.5, 0.6) is 0 Å². The Bertz CT molecular complexity index is 1290. The molecule has 0 unspecified atom stereocenters. The third kappa shape index (κ3) is 4.49. The van der Waals surface area contributed by atoms with Crippen molar-refractivity contribution in [3.05, 3.63) is 69.8 Å². The largest absolute Gasteiger partial charge is 0.416 e. The zero-order chi connectivity index (χ0) is 22.2. The average molecular weight is 481 g/mol. The second kappa shape index (κ2) is 8.19. The van der Waals surface area contributed by atoms with E-state index in [-0.39, 0.29) is 10.0 Å². The van der Waals surface area contributed by atoms with Gasteiger partial charge in [0, 0.05) is 5.69 Å². The van der Waals surface area contributed by atoms with Crippen molar-refractivity contribution in [3.63, 3.8) is 0 Å². The molecule has 156 valence electrons. The minimum Gasteiger partial charge on any atom is -0.338 e. The molecule has 4 rings (SSSR count). The number of anilines is 4. The van der Waals surface area contributed by atoms with E-state index in [4.69, 9.17) is 29.8 Å². The van der Waals surface area contributed by atoms with E-state index < -0.39 is 11.7 Å². The molecule has 2 N–H and O–H groups in total. The van der Waals surface area contributed by atoms with Crippen molar-refractivity contribution in [3.8, 4) is 0 Å². The zero-order valence-electron chi connectivity index (χ0n) is 15.1. The van der Waals surface area contributed by atoms with Gasteiger partial charge < -0.3 is 10.6 Å². The second-order valence-corrected chi connectivity index (χ2v) is 7.91. The van der Waals surface area contributed by atoms with Crippen molar-refractivity contribution in [1.82, 2.24) is 15.0 Å². The molecule has 12 heteroatoms. The molecule has 0 aliphatic rings. The fraction of sp³-hybridized carbons (Fsp3) is 0.0526. The molecule has 0 atom stereocenters. The van der Waals surface area contributed by atoms with Crippen LogP contribution in [0.4, 0.5) is 41.2 Å². The molecule has 4 aromatic rings. The third-order valence-corrected chi connectivity index (χ3v) is 5.53. The van der Waals surface area contributed by atoms with E-state index in [1.165, 1.54) is 41.9 Å². The van der Waals surface area contributed by atoms with Gasteiger partial charge in [0.15, 0.2) is 21.5 Å². The highest BCUT2D eigenvalue weighted by molar-refractivity contribution is 7.21. The number of alkyl halides is 3. The molecule has 0 saturated heterocycles. The predicted molar refractivity (Wildman–Crippen MR) is 116 cm³/mol. The van der Waals surface area contributed by atoms with Crippen LogP contribution >= 0.6 is 34.5 Å². The van der Waals surface area contributed by atoms with Crippen molar-refractivity contribution in [2.24, 2.45) is 0 Å². The van der Waals surface area contributed by atoms with Crippen molar-refractivity contribution >= 4 is 72.9 Å². The quantitative estimate of drug-likeness (QED) is 0.297. The summed E-state index contributed by atoms with van der Waals surface area (Å²) in [7, 11) is 0. The number of rotatable bonds is 4. The standard InChI is InChI=1S/C19H9Cl2F3N6S/c1-25-11-6-12(20)14(13(21)7-11)29-18-30-15-16(26-8-27-17(15)31-18)28-10-4-2-9(3-5-10)19(22,23)24/h2-8H,(H,29,30)(H,26,27,28). The SMILES string of the molecule is [C-]#[N+]c1cc(Cl)c(Nc2nc3c(Nc4ccc(C(F)(F)F)cc4)ncnc3s2)c(Cl)c1. The van der Waals surface area contributed by atoms with Crippen LogP contribution in [0.3, 0.4) is 0 Å². The molecule has 0 radical (unpaired) electrons. The summed E-state index contributed by atoms with van der Waals surface area (Å²) in [5.74, 6) is 0.328. The Morgan fingerprint density at radius 2 is 1.68 bits per heavy atom. The van der Waals surface area contributed by atoms with Gasteiger partial charge in [-0.2, -0.15) is 13.2 Å². The molecular formula is C19H9Cl2F3N6S. The van der Waals surface area contributed by atoms with Gasteiger partial charge in [0.1, 0.15) is 11.8 Å². The van der Waals surface area contributed by atoms with Gasteiger partial charge in [-0.1, -0.05) is 34.5 Å². The maximum atomic E-state index is 12.7. The van der Waals surface area contributed by atoms with Crippen LogP contribution in [0.2, 0.25) is 10.0 Å². The highest BCUT2D eigenvalue weighted by Gasteiger charge is 2.30. The summed E-state index contributed by atoms with van der Waals surface area (Å²) in [5, 5.41) is 6.90. The summed E-state index contributed by atoms with van der Waals surface area (Å²) >= 11 is 13.6. The molecule has 0 aliphatic heterocycles. The number of hydrogen-bond donors (Lipinski definition) is 2. The van der Waals surface area contributed by atoms with Crippen LogP contribution in [-0.2, 0) is 6.18 Å². The maximum absolute atomic E-state index is 12.7. The topological polar surface area (TPSA) is 67.1 Å². The second-order valence-electron chi connectivity index (χ2n) is 6.12.